The summed E-state index contributed by atoms with van der Waals surface area (Å²) in [5.74, 6) is 1.81. The number of nitrogens with one attached hydrogen (secondary N) is 1. The highest BCUT2D eigenvalue weighted by Gasteiger charge is 2.06. The van der Waals surface area contributed by atoms with Gasteiger partial charge in [-0.3, -0.25) is 0 Å². The number of methoxy groups -OCH3 is 1. The van der Waals surface area contributed by atoms with E-state index in [2.05, 4.69) is 29.1 Å². The fraction of sp³-hybridized carbons (Fsp3) is 0.412. The van der Waals surface area contributed by atoms with Crippen LogP contribution >= 0.6 is 11.3 Å². The van der Waals surface area contributed by atoms with Crippen molar-refractivity contribution in [2.45, 2.75) is 26.3 Å². The zero-order valence-corrected chi connectivity index (χ0v) is 13.5. The van der Waals surface area contributed by atoms with Gasteiger partial charge in [0.05, 0.1) is 13.7 Å². The molecule has 0 unspecified atom stereocenters. The Hall–Kier alpha value is -1.52. The molecule has 3 nitrogen and oxygen atoms in total. The molecule has 0 aliphatic heterocycles. The summed E-state index contributed by atoms with van der Waals surface area (Å²) in [6.45, 7) is 4.67. The number of rotatable bonds is 9. The minimum atomic E-state index is 0.698. The Bertz CT molecular complexity index is 526. The van der Waals surface area contributed by atoms with Gasteiger partial charge < -0.3 is 14.8 Å². The van der Waals surface area contributed by atoms with E-state index in [0.29, 0.717) is 6.61 Å². The smallest absolute Gasteiger partial charge is 0.124 e. The van der Waals surface area contributed by atoms with Gasteiger partial charge in [-0.1, -0.05) is 6.92 Å². The molecule has 114 valence electrons. The first-order chi connectivity index (χ1) is 10.3. The summed E-state index contributed by atoms with van der Waals surface area (Å²) >= 11 is 1.73. The Morgan fingerprint density at radius 1 is 1.24 bits per heavy atom. The molecule has 2 rings (SSSR count). The zero-order valence-electron chi connectivity index (χ0n) is 12.7. The Labute approximate surface area is 130 Å². The third-order valence-electron chi connectivity index (χ3n) is 3.24. The molecule has 1 heterocycles. The summed E-state index contributed by atoms with van der Waals surface area (Å²) in [5.41, 5.74) is 2.48. The van der Waals surface area contributed by atoms with Crippen molar-refractivity contribution in [3.05, 3.63) is 46.2 Å². The van der Waals surface area contributed by atoms with E-state index in [9.17, 15) is 0 Å². The Morgan fingerprint density at radius 2 is 2.14 bits per heavy atom. The van der Waals surface area contributed by atoms with Crippen LogP contribution in [0.1, 0.15) is 24.5 Å². The molecule has 2 aromatic rings. The van der Waals surface area contributed by atoms with Crippen LogP contribution in [-0.2, 0) is 13.0 Å². The zero-order chi connectivity index (χ0) is 14.9. The predicted molar refractivity (Wildman–Crippen MR) is 88.5 cm³/mol. The van der Waals surface area contributed by atoms with Gasteiger partial charge in [-0.15, -0.1) is 0 Å². The Kier molecular flexibility index (Phi) is 6.57. The largest absolute Gasteiger partial charge is 0.497 e. The lowest BCUT2D eigenvalue weighted by Crippen LogP contribution is -2.15. The first-order valence-corrected chi connectivity index (χ1v) is 8.29. The van der Waals surface area contributed by atoms with Crippen molar-refractivity contribution >= 4 is 11.3 Å². The van der Waals surface area contributed by atoms with Gasteiger partial charge in [0.25, 0.3) is 0 Å². The van der Waals surface area contributed by atoms with Crippen LogP contribution in [0.4, 0.5) is 0 Å². The number of ether oxygens (including phenoxy) is 2. The molecule has 0 atom stereocenters. The van der Waals surface area contributed by atoms with Crippen molar-refractivity contribution in [1.82, 2.24) is 5.32 Å². The molecule has 0 saturated heterocycles. The topological polar surface area (TPSA) is 30.5 Å². The lowest BCUT2D eigenvalue weighted by molar-refractivity contribution is 0.316. The van der Waals surface area contributed by atoms with E-state index in [1.807, 2.05) is 18.2 Å². The lowest BCUT2D eigenvalue weighted by atomic mass is 10.2. The molecule has 0 bridgehead atoms. The van der Waals surface area contributed by atoms with Crippen molar-refractivity contribution in [2.24, 2.45) is 0 Å². The van der Waals surface area contributed by atoms with Gasteiger partial charge in [-0.25, -0.2) is 0 Å². The van der Waals surface area contributed by atoms with Crippen LogP contribution in [0.25, 0.3) is 0 Å². The highest BCUT2D eigenvalue weighted by molar-refractivity contribution is 7.07. The van der Waals surface area contributed by atoms with E-state index < -0.39 is 0 Å². The average Bonchev–Trinajstić information content (AvgIpc) is 3.02. The molecule has 0 aliphatic carbocycles. The highest BCUT2D eigenvalue weighted by Crippen LogP contribution is 2.24. The van der Waals surface area contributed by atoms with Crippen LogP contribution in [0.2, 0.25) is 0 Å². The molecule has 0 aliphatic rings. The van der Waals surface area contributed by atoms with Crippen LogP contribution < -0.4 is 14.8 Å². The molecular formula is C17H23NO2S. The minimum Gasteiger partial charge on any atom is -0.497 e. The van der Waals surface area contributed by atoms with Crippen molar-refractivity contribution < 1.29 is 9.47 Å². The predicted octanol–water partition coefficient (Wildman–Crippen LogP) is 3.88. The molecule has 0 radical (unpaired) electrons. The van der Waals surface area contributed by atoms with Crippen molar-refractivity contribution in [1.29, 1.82) is 0 Å². The van der Waals surface area contributed by atoms with Gasteiger partial charge in [-0.2, -0.15) is 11.3 Å². The standard InChI is InChI=1S/C17H23NO2S/c1-3-8-18-12-15-11-16(19-2)4-5-17(15)20-9-6-14-7-10-21-13-14/h4-5,7,10-11,13,18H,3,6,8-9,12H2,1-2H3. The first kappa shape index (κ1) is 15.9. The normalized spacial score (nSPS) is 10.6. The Balaban J connectivity index is 1.95. The van der Waals surface area contributed by atoms with E-state index >= 15 is 0 Å². The molecule has 0 amide bonds. The summed E-state index contributed by atoms with van der Waals surface area (Å²) in [4.78, 5) is 0. The maximum absolute atomic E-state index is 5.95. The van der Waals surface area contributed by atoms with Gasteiger partial charge in [0.2, 0.25) is 0 Å². The molecule has 21 heavy (non-hydrogen) atoms. The summed E-state index contributed by atoms with van der Waals surface area (Å²) in [6, 6.07) is 8.13. The van der Waals surface area contributed by atoms with Crippen LogP contribution in [0.5, 0.6) is 11.5 Å². The van der Waals surface area contributed by atoms with Crippen LogP contribution in [-0.4, -0.2) is 20.3 Å². The van der Waals surface area contributed by atoms with Gasteiger partial charge >= 0.3 is 0 Å². The third kappa shape index (κ3) is 5.06. The van der Waals surface area contributed by atoms with Gasteiger partial charge in [-0.05, 0) is 53.6 Å². The number of hydrogen-bond donors (Lipinski definition) is 1. The molecule has 1 aromatic heterocycles. The third-order valence-corrected chi connectivity index (χ3v) is 3.97. The fourth-order valence-corrected chi connectivity index (χ4v) is 2.78. The maximum Gasteiger partial charge on any atom is 0.124 e. The summed E-state index contributed by atoms with van der Waals surface area (Å²) < 4.78 is 11.2. The van der Waals surface area contributed by atoms with Crippen LogP contribution in [0.3, 0.4) is 0 Å². The van der Waals surface area contributed by atoms with Gasteiger partial charge in [0.1, 0.15) is 11.5 Å². The highest BCUT2D eigenvalue weighted by atomic mass is 32.1. The van der Waals surface area contributed by atoms with Crippen LogP contribution in [0, 0.1) is 0 Å². The molecule has 4 heteroatoms. The molecular weight excluding hydrogens is 282 g/mol. The summed E-state index contributed by atoms with van der Waals surface area (Å²) in [5, 5.41) is 7.68. The van der Waals surface area contributed by atoms with E-state index in [1.165, 1.54) is 5.56 Å². The van der Waals surface area contributed by atoms with E-state index in [1.54, 1.807) is 18.4 Å². The van der Waals surface area contributed by atoms with Crippen molar-refractivity contribution in [2.75, 3.05) is 20.3 Å². The van der Waals surface area contributed by atoms with E-state index in [4.69, 9.17) is 9.47 Å². The molecule has 0 fully saturated rings. The number of benzene rings is 1. The monoisotopic (exact) mass is 305 g/mol. The number of hydrogen-bond acceptors (Lipinski definition) is 4. The SMILES string of the molecule is CCCNCc1cc(OC)ccc1OCCc1ccsc1. The minimum absolute atomic E-state index is 0.698. The van der Waals surface area contributed by atoms with E-state index in [-0.39, 0.29) is 0 Å². The second-order valence-corrected chi connectivity index (χ2v) is 5.66. The summed E-state index contributed by atoms with van der Waals surface area (Å²) in [6.07, 6.45) is 2.07. The first-order valence-electron chi connectivity index (χ1n) is 7.35. The second kappa shape index (κ2) is 8.70. The van der Waals surface area contributed by atoms with Gasteiger partial charge in [0, 0.05) is 18.5 Å². The molecule has 1 N–H and O–H groups in total. The average molecular weight is 305 g/mol. The fourth-order valence-electron chi connectivity index (χ4n) is 2.08. The maximum atomic E-state index is 5.95. The molecule has 0 saturated carbocycles. The summed E-state index contributed by atoms with van der Waals surface area (Å²) in [7, 11) is 1.69. The quantitative estimate of drug-likeness (QED) is 0.713. The Morgan fingerprint density at radius 3 is 2.86 bits per heavy atom. The van der Waals surface area contributed by atoms with Gasteiger partial charge in [0.15, 0.2) is 0 Å². The lowest BCUT2D eigenvalue weighted by Gasteiger charge is -2.13. The number of thiophene rings is 1. The van der Waals surface area contributed by atoms with E-state index in [0.717, 1.165) is 43.0 Å². The molecule has 0 spiro atoms. The second-order valence-electron chi connectivity index (χ2n) is 4.88. The molecule has 1 aromatic carbocycles. The van der Waals surface area contributed by atoms with Crippen molar-refractivity contribution in [3.8, 4) is 11.5 Å². The van der Waals surface area contributed by atoms with Crippen LogP contribution in [0.15, 0.2) is 35.0 Å². The van der Waals surface area contributed by atoms with Crippen molar-refractivity contribution in [3.63, 3.8) is 0 Å².